The molecule has 1 fully saturated rings. The van der Waals surface area contributed by atoms with Crippen LogP contribution in [0.3, 0.4) is 0 Å². The molecule has 0 aromatic heterocycles. The van der Waals surface area contributed by atoms with Gasteiger partial charge in [0.2, 0.25) is 23.6 Å². The van der Waals surface area contributed by atoms with E-state index in [-0.39, 0.29) is 41.0 Å². The van der Waals surface area contributed by atoms with E-state index in [1.807, 2.05) is 23.1 Å². The number of hydrogen-bond acceptors (Lipinski definition) is 13. The average molecular weight is 938 g/mol. The molecule has 3 aliphatic heterocycles. The zero-order valence-electron chi connectivity index (χ0n) is 38.3. The van der Waals surface area contributed by atoms with Gasteiger partial charge in [-0.25, -0.2) is 0 Å². The van der Waals surface area contributed by atoms with E-state index < -0.39 is 41.5 Å². The van der Waals surface area contributed by atoms with E-state index >= 15 is 0 Å². The monoisotopic (exact) mass is 937 g/mol. The van der Waals surface area contributed by atoms with Gasteiger partial charge in [0, 0.05) is 74.3 Å². The second kappa shape index (κ2) is 26.0. The zero-order chi connectivity index (χ0) is 48.3. The summed E-state index contributed by atoms with van der Waals surface area (Å²) in [6.07, 6.45) is 5.99. The molecular weight excluding hydrogens is 879 g/mol. The number of nitrogens with two attached hydrogens (primary N) is 1. The van der Waals surface area contributed by atoms with Crippen LogP contribution >= 0.6 is 0 Å². The number of nitrogens with one attached hydrogen (secondary N) is 3. The number of benzene rings is 3. The van der Waals surface area contributed by atoms with Crippen LogP contribution in [-0.4, -0.2) is 144 Å². The van der Waals surface area contributed by atoms with Crippen LogP contribution < -0.4 is 26.6 Å². The molecule has 1 unspecified atom stereocenters. The van der Waals surface area contributed by atoms with Crippen molar-refractivity contribution in [1.82, 2.24) is 15.5 Å². The molecule has 3 aromatic rings. The Hall–Kier alpha value is -6.64. The van der Waals surface area contributed by atoms with E-state index in [0.717, 1.165) is 28.1 Å². The Kier molecular flexibility index (Phi) is 19.4. The molecule has 0 bridgehead atoms. The van der Waals surface area contributed by atoms with Gasteiger partial charge < -0.3 is 45.0 Å². The molecule has 6 rings (SSSR count). The summed E-state index contributed by atoms with van der Waals surface area (Å²) >= 11 is 0. The average Bonchev–Trinajstić information content (AvgIpc) is 3.80. The van der Waals surface area contributed by atoms with Crippen molar-refractivity contribution in [2.45, 2.75) is 51.5 Å². The highest BCUT2D eigenvalue weighted by atomic mass is 16.6. The van der Waals surface area contributed by atoms with Crippen molar-refractivity contribution in [3.05, 3.63) is 100 Å². The van der Waals surface area contributed by atoms with Crippen molar-refractivity contribution in [2.24, 2.45) is 10.7 Å². The van der Waals surface area contributed by atoms with Gasteiger partial charge in [-0.1, -0.05) is 25.1 Å². The molecular formula is C49H59N7O12. The summed E-state index contributed by atoms with van der Waals surface area (Å²) in [5.74, 6) is -2.82. The molecule has 362 valence electrons. The Morgan fingerprint density at radius 1 is 0.794 bits per heavy atom. The number of aliphatic imine (C=N–C) groups is 1. The molecule has 0 spiro atoms. The number of imide groups is 2. The van der Waals surface area contributed by atoms with Crippen LogP contribution in [0.2, 0.25) is 0 Å². The summed E-state index contributed by atoms with van der Waals surface area (Å²) in [6, 6.07) is 16.0. The number of primary amides is 1. The van der Waals surface area contributed by atoms with E-state index in [1.165, 1.54) is 12.1 Å². The van der Waals surface area contributed by atoms with Gasteiger partial charge >= 0.3 is 0 Å². The molecule has 1 atom stereocenters. The third kappa shape index (κ3) is 14.2. The molecule has 19 heteroatoms. The lowest BCUT2D eigenvalue weighted by atomic mass is 10.0. The molecule has 5 N–H and O–H groups in total. The third-order valence-corrected chi connectivity index (χ3v) is 11.1. The minimum Gasteiger partial charge on any atom is -0.384 e. The Labute approximate surface area is 394 Å². The summed E-state index contributed by atoms with van der Waals surface area (Å²) < 4.78 is 27.9. The number of hydrogen-bond donors (Lipinski definition) is 4. The highest BCUT2D eigenvalue weighted by Gasteiger charge is 2.45. The van der Waals surface area contributed by atoms with Crippen LogP contribution in [0.15, 0.2) is 71.7 Å². The van der Waals surface area contributed by atoms with Crippen molar-refractivity contribution >= 4 is 64.6 Å². The van der Waals surface area contributed by atoms with Gasteiger partial charge in [-0.2, -0.15) is 4.99 Å². The first-order chi connectivity index (χ1) is 33.0. The van der Waals surface area contributed by atoms with Crippen molar-refractivity contribution in [3.63, 3.8) is 0 Å². The van der Waals surface area contributed by atoms with E-state index in [1.54, 1.807) is 42.5 Å². The van der Waals surface area contributed by atoms with Crippen LogP contribution in [0.25, 0.3) is 6.08 Å². The van der Waals surface area contributed by atoms with Crippen molar-refractivity contribution in [2.75, 3.05) is 95.9 Å². The minimum atomic E-state index is -1.01. The lowest BCUT2D eigenvalue weighted by Crippen LogP contribution is -2.54. The maximum Gasteiger partial charge on any atom is 0.278 e. The lowest BCUT2D eigenvalue weighted by molar-refractivity contribution is -0.136. The Bertz CT molecular complexity index is 2370. The van der Waals surface area contributed by atoms with Gasteiger partial charge in [0.05, 0.1) is 64.0 Å². The minimum absolute atomic E-state index is 0.0610. The summed E-state index contributed by atoms with van der Waals surface area (Å²) in [7, 11) is 0. The normalized spacial score (nSPS) is 16.1. The molecule has 68 heavy (non-hydrogen) atoms. The second-order valence-electron chi connectivity index (χ2n) is 16.0. The van der Waals surface area contributed by atoms with Crippen molar-refractivity contribution in [1.29, 1.82) is 0 Å². The summed E-state index contributed by atoms with van der Waals surface area (Å²) in [5.41, 5.74) is 9.68. The van der Waals surface area contributed by atoms with E-state index in [9.17, 15) is 33.6 Å². The van der Waals surface area contributed by atoms with Crippen LogP contribution in [0.4, 0.5) is 11.4 Å². The fourth-order valence-corrected chi connectivity index (χ4v) is 7.74. The smallest absolute Gasteiger partial charge is 0.278 e. The standard InChI is InChI=1S/C49H59N7O12/c1-2-19-55-39-13-11-33(30-36(39)32-41(55)53-46(60)35-8-3-7-34(31-35)45(50)59)12-15-42(57)52-18-6-21-65-23-25-67-27-29-68-28-26-66-24-22-64-20-5-17-51-38-10-4-9-37-44(38)49(63)56(48(37)62)40-14-16-43(58)54-47(40)61/h3-4,7-13,15,30-31,40,51H,2,5-6,14,16-29,32H2,1H3,(H2,50,59)(H,52,57)(H,54,58,61)/b15-12+,53-41?. The SMILES string of the molecule is CCCN1C(=NC(=O)c2cccc(C(N)=O)c2)Cc2cc(/C=C/C(=O)NCCCOCCOCCOCCOCCOCCCNc3cccc4c3C(=O)N(C3CCC(=O)NC3=O)C4=O)ccc21. The molecule has 3 aliphatic rings. The number of amidine groups is 1. The number of carbonyl (C=O) groups excluding carboxylic acids is 7. The maximum atomic E-state index is 13.2. The second-order valence-corrected chi connectivity index (χ2v) is 16.0. The Morgan fingerprint density at radius 2 is 1.44 bits per heavy atom. The molecule has 0 saturated carbocycles. The topological polar surface area (TPSA) is 247 Å². The van der Waals surface area contributed by atoms with Gasteiger partial charge in [0.25, 0.3) is 17.7 Å². The predicted octanol–water partition coefficient (Wildman–Crippen LogP) is 3.30. The maximum absolute atomic E-state index is 13.2. The van der Waals surface area contributed by atoms with E-state index in [2.05, 4.69) is 27.9 Å². The van der Waals surface area contributed by atoms with E-state index in [0.29, 0.717) is 116 Å². The molecule has 19 nitrogen and oxygen atoms in total. The summed E-state index contributed by atoms with van der Waals surface area (Å²) in [5, 5.41) is 8.26. The lowest BCUT2D eigenvalue weighted by Gasteiger charge is -2.27. The number of fused-ring (bicyclic) bond motifs is 2. The largest absolute Gasteiger partial charge is 0.384 e. The molecule has 3 aromatic carbocycles. The number of ether oxygens (including phenoxy) is 5. The highest BCUT2D eigenvalue weighted by molar-refractivity contribution is 6.25. The van der Waals surface area contributed by atoms with Crippen molar-refractivity contribution in [3.8, 4) is 0 Å². The number of carbonyl (C=O) groups is 7. The van der Waals surface area contributed by atoms with E-state index in [4.69, 9.17) is 29.4 Å². The number of piperidine rings is 1. The van der Waals surface area contributed by atoms with Gasteiger partial charge in [-0.05, 0) is 85.4 Å². The molecule has 0 radical (unpaired) electrons. The quantitative estimate of drug-likeness (QED) is 0.0464. The van der Waals surface area contributed by atoms with Gasteiger partial charge in [0.15, 0.2) is 0 Å². The number of rotatable bonds is 28. The predicted molar refractivity (Wildman–Crippen MR) is 251 cm³/mol. The fourth-order valence-electron chi connectivity index (χ4n) is 7.74. The van der Waals surface area contributed by atoms with Crippen LogP contribution in [-0.2, 0) is 44.5 Å². The van der Waals surface area contributed by atoms with Crippen LogP contribution in [0.5, 0.6) is 0 Å². The van der Waals surface area contributed by atoms with Crippen LogP contribution in [0.1, 0.15) is 91.6 Å². The fraction of sp³-hybridized carbons (Fsp3) is 0.429. The zero-order valence-corrected chi connectivity index (χ0v) is 38.3. The number of amides is 7. The molecule has 7 amide bonds. The molecule has 3 heterocycles. The third-order valence-electron chi connectivity index (χ3n) is 11.1. The first-order valence-electron chi connectivity index (χ1n) is 22.9. The van der Waals surface area contributed by atoms with Crippen LogP contribution in [0, 0.1) is 0 Å². The first kappa shape index (κ1) is 50.8. The number of nitrogens with zero attached hydrogens (tertiary/aromatic N) is 3. The van der Waals surface area contributed by atoms with Gasteiger partial charge in [0.1, 0.15) is 11.9 Å². The highest BCUT2D eigenvalue weighted by Crippen LogP contribution is 2.33. The number of anilines is 2. The Morgan fingerprint density at radius 3 is 2.10 bits per heavy atom. The van der Waals surface area contributed by atoms with Gasteiger partial charge in [-0.3, -0.25) is 43.8 Å². The summed E-state index contributed by atoms with van der Waals surface area (Å²) in [6.45, 7) is 7.92. The molecule has 1 saturated heterocycles. The molecule has 0 aliphatic carbocycles. The van der Waals surface area contributed by atoms with Crippen molar-refractivity contribution < 1.29 is 57.2 Å². The Balaban J connectivity index is 0.730. The first-order valence-corrected chi connectivity index (χ1v) is 22.9. The summed E-state index contributed by atoms with van der Waals surface area (Å²) in [4.78, 5) is 94.6. The van der Waals surface area contributed by atoms with Gasteiger partial charge in [-0.15, -0.1) is 0 Å².